The molecule has 0 spiro atoms. The summed E-state index contributed by atoms with van der Waals surface area (Å²) in [5.41, 5.74) is 12.7. The third kappa shape index (κ3) is 8.08. The highest BCUT2D eigenvalue weighted by molar-refractivity contribution is 5.64. The van der Waals surface area contributed by atoms with Crippen LogP contribution in [0.15, 0.2) is 54.6 Å². The van der Waals surface area contributed by atoms with Crippen molar-refractivity contribution >= 4 is 11.8 Å². The third-order valence-corrected chi connectivity index (χ3v) is 5.00. The van der Waals surface area contributed by atoms with Crippen molar-refractivity contribution in [2.75, 3.05) is 19.0 Å². The van der Waals surface area contributed by atoms with Crippen LogP contribution in [-0.4, -0.2) is 13.7 Å². The highest BCUT2D eigenvalue weighted by Gasteiger charge is 2.11. The zero-order valence-electron chi connectivity index (χ0n) is 19.7. The number of fused-ring (bicyclic) bond motifs is 1. The molecule has 0 atom stereocenters. The summed E-state index contributed by atoms with van der Waals surface area (Å²) in [6, 6.07) is 12.6. The van der Waals surface area contributed by atoms with Crippen LogP contribution in [0.25, 0.3) is 6.08 Å². The Kier molecular flexibility index (Phi) is 11.6. The van der Waals surface area contributed by atoms with Crippen molar-refractivity contribution in [2.24, 2.45) is 5.73 Å². The Morgan fingerprint density at radius 3 is 2.33 bits per heavy atom. The van der Waals surface area contributed by atoms with Crippen LogP contribution in [0.3, 0.4) is 0 Å². The third-order valence-electron chi connectivity index (χ3n) is 5.00. The molecule has 3 heteroatoms. The molecule has 1 aliphatic rings. The molecular formula is C27H40N2O. The first kappa shape index (κ1) is 25.5. The summed E-state index contributed by atoms with van der Waals surface area (Å²) in [6.07, 6.45) is 6.62. The summed E-state index contributed by atoms with van der Waals surface area (Å²) in [4.78, 5) is 0. The summed E-state index contributed by atoms with van der Waals surface area (Å²) in [5, 5.41) is 3.11. The predicted octanol–water partition coefficient (Wildman–Crippen LogP) is 7.07. The highest BCUT2D eigenvalue weighted by atomic mass is 16.5. The van der Waals surface area contributed by atoms with E-state index in [2.05, 4.69) is 82.9 Å². The maximum absolute atomic E-state index is 5.68. The molecule has 0 amide bonds. The van der Waals surface area contributed by atoms with Gasteiger partial charge in [0.2, 0.25) is 0 Å². The number of nitrogens with two attached hydrogens (primary N) is 1. The van der Waals surface area contributed by atoms with Crippen LogP contribution in [0, 0.1) is 6.92 Å². The minimum absolute atomic E-state index is 0.545. The van der Waals surface area contributed by atoms with Gasteiger partial charge in [-0.3, -0.25) is 0 Å². The Balaban J connectivity index is 0.000000264. The number of nitrogens with one attached hydrogen (secondary N) is 1. The standard InChI is InChI=1S/C14H16O.C9H14N2.C4H10/c1-4-11-7-13-6-5-12(10(2)3)8-14(13)15-9-11;1-7-5-8(6-10)3-4-9(7)11-2;1-3-4-2/h4-8,10H,1,9H2,2-3H3;3-5,11H,6,10H2,1-2H3;3-4H2,1-2H3. The van der Waals surface area contributed by atoms with Gasteiger partial charge in [-0.15, -0.1) is 0 Å². The Morgan fingerprint density at radius 2 is 1.83 bits per heavy atom. The minimum atomic E-state index is 0.545. The molecule has 164 valence electrons. The van der Waals surface area contributed by atoms with E-state index in [0.717, 1.165) is 16.9 Å². The molecule has 0 bridgehead atoms. The molecular weight excluding hydrogens is 368 g/mol. The lowest BCUT2D eigenvalue weighted by Gasteiger charge is -2.17. The van der Waals surface area contributed by atoms with Gasteiger partial charge in [0, 0.05) is 24.8 Å². The van der Waals surface area contributed by atoms with E-state index in [1.54, 1.807) is 0 Å². The summed E-state index contributed by atoms with van der Waals surface area (Å²) in [5.74, 6) is 1.54. The van der Waals surface area contributed by atoms with Gasteiger partial charge in [0.1, 0.15) is 12.4 Å². The van der Waals surface area contributed by atoms with Gasteiger partial charge in [-0.1, -0.05) is 77.5 Å². The molecule has 2 aromatic rings. The van der Waals surface area contributed by atoms with Gasteiger partial charge in [0.15, 0.2) is 0 Å². The van der Waals surface area contributed by atoms with E-state index in [-0.39, 0.29) is 0 Å². The van der Waals surface area contributed by atoms with Crippen molar-refractivity contribution < 1.29 is 4.74 Å². The molecule has 0 aromatic heterocycles. The lowest BCUT2D eigenvalue weighted by Crippen LogP contribution is -2.06. The van der Waals surface area contributed by atoms with E-state index >= 15 is 0 Å². The molecule has 1 heterocycles. The first-order valence-electron chi connectivity index (χ1n) is 11.0. The van der Waals surface area contributed by atoms with E-state index in [9.17, 15) is 0 Å². The fourth-order valence-corrected chi connectivity index (χ4v) is 2.81. The fourth-order valence-electron chi connectivity index (χ4n) is 2.81. The predicted molar refractivity (Wildman–Crippen MR) is 133 cm³/mol. The summed E-state index contributed by atoms with van der Waals surface area (Å²) in [6.45, 7) is 15.8. The first-order chi connectivity index (χ1) is 14.4. The molecule has 1 aliphatic heterocycles. The fraction of sp³-hybridized carbons (Fsp3) is 0.407. The number of unbranched alkanes of at least 4 members (excludes halogenated alkanes) is 1. The van der Waals surface area contributed by atoms with Gasteiger partial charge < -0.3 is 15.8 Å². The van der Waals surface area contributed by atoms with Crippen LogP contribution in [-0.2, 0) is 6.54 Å². The average Bonchev–Trinajstić information content (AvgIpc) is 2.78. The summed E-state index contributed by atoms with van der Waals surface area (Å²) >= 11 is 0. The minimum Gasteiger partial charge on any atom is -0.488 e. The molecule has 3 nitrogen and oxygen atoms in total. The molecule has 0 saturated carbocycles. The Bertz CT molecular complexity index is 820. The van der Waals surface area contributed by atoms with Gasteiger partial charge in [-0.2, -0.15) is 0 Å². The molecule has 2 aromatic carbocycles. The van der Waals surface area contributed by atoms with Crippen LogP contribution in [0.1, 0.15) is 68.7 Å². The van der Waals surface area contributed by atoms with E-state index in [0.29, 0.717) is 19.1 Å². The normalized spacial score (nSPS) is 11.7. The zero-order valence-corrected chi connectivity index (χ0v) is 19.7. The number of rotatable bonds is 5. The number of hydrogen-bond donors (Lipinski definition) is 2. The molecule has 0 unspecified atom stereocenters. The van der Waals surface area contributed by atoms with Gasteiger partial charge in [-0.05, 0) is 53.3 Å². The van der Waals surface area contributed by atoms with Crippen molar-refractivity contribution in [3.63, 3.8) is 0 Å². The lowest BCUT2D eigenvalue weighted by atomic mass is 9.99. The second-order valence-electron chi connectivity index (χ2n) is 7.77. The number of benzene rings is 2. The van der Waals surface area contributed by atoms with Crippen molar-refractivity contribution in [1.29, 1.82) is 0 Å². The maximum atomic E-state index is 5.68. The summed E-state index contributed by atoms with van der Waals surface area (Å²) in [7, 11) is 1.92. The van der Waals surface area contributed by atoms with Gasteiger partial charge in [-0.25, -0.2) is 0 Å². The smallest absolute Gasteiger partial charge is 0.127 e. The summed E-state index contributed by atoms with van der Waals surface area (Å²) < 4.78 is 5.68. The van der Waals surface area contributed by atoms with Crippen LogP contribution in [0.2, 0.25) is 0 Å². The van der Waals surface area contributed by atoms with Crippen molar-refractivity contribution in [3.05, 3.63) is 76.9 Å². The molecule has 0 aliphatic carbocycles. The first-order valence-corrected chi connectivity index (χ1v) is 11.0. The Morgan fingerprint density at radius 1 is 1.13 bits per heavy atom. The van der Waals surface area contributed by atoms with Gasteiger partial charge >= 0.3 is 0 Å². The molecule has 0 radical (unpaired) electrons. The van der Waals surface area contributed by atoms with Crippen LogP contribution < -0.4 is 15.8 Å². The number of ether oxygens (including phenoxy) is 1. The Hall–Kier alpha value is -2.52. The van der Waals surface area contributed by atoms with E-state index in [1.165, 1.54) is 35.2 Å². The number of anilines is 1. The number of aryl methyl sites for hydroxylation is 1. The second kappa shape index (κ2) is 13.7. The van der Waals surface area contributed by atoms with Gasteiger partial charge in [0.05, 0.1) is 0 Å². The highest BCUT2D eigenvalue weighted by Crippen LogP contribution is 2.30. The molecule has 30 heavy (non-hydrogen) atoms. The Labute approximate surface area is 184 Å². The molecule has 3 N–H and O–H groups in total. The topological polar surface area (TPSA) is 47.3 Å². The largest absolute Gasteiger partial charge is 0.488 e. The van der Waals surface area contributed by atoms with Crippen LogP contribution >= 0.6 is 0 Å². The van der Waals surface area contributed by atoms with E-state index < -0.39 is 0 Å². The molecule has 0 fully saturated rings. The SMILES string of the molecule is C=CC1=Cc2ccc(C(C)C)cc2OC1.CCCC.CNc1ccc(CN)cc1C. The lowest BCUT2D eigenvalue weighted by molar-refractivity contribution is 0.350. The van der Waals surface area contributed by atoms with Crippen LogP contribution in [0.5, 0.6) is 5.75 Å². The quantitative estimate of drug-likeness (QED) is 0.556. The monoisotopic (exact) mass is 408 g/mol. The molecule has 3 rings (SSSR count). The van der Waals surface area contributed by atoms with Crippen LogP contribution in [0.4, 0.5) is 5.69 Å². The van der Waals surface area contributed by atoms with E-state index in [1.807, 2.05) is 19.2 Å². The number of hydrogen-bond acceptors (Lipinski definition) is 3. The maximum Gasteiger partial charge on any atom is 0.127 e. The second-order valence-corrected chi connectivity index (χ2v) is 7.77. The van der Waals surface area contributed by atoms with Crippen molar-refractivity contribution in [3.8, 4) is 5.75 Å². The average molecular weight is 409 g/mol. The zero-order chi connectivity index (χ0) is 22.5. The van der Waals surface area contributed by atoms with Crippen molar-refractivity contribution in [2.45, 2.75) is 59.9 Å². The van der Waals surface area contributed by atoms with Gasteiger partial charge in [0.25, 0.3) is 0 Å². The van der Waals surface area contributed by atoms with E-state index in [4.69, 9.17) is 10.5 Å². The molecule has 0 saturated heterocycles. The van der Waals surface area contributed by atoms with Crippen molar-refractivity contribution in [1.82, 2.24) is 0 Å².